The molecule has 0 amide bonds. The van der Waals surface area contributed by atoms with E-state index in [0.717, 1.165) is 5.56 Å². The van der Waals surface area contributed by atoms with E-state index in [1.807, 2.05) is 4.90 Å². The first-order valence-corrected chi connectivity index (χ1v) is 9.18. The zero-order valence-electron chi connectivity index (χ0n) is 15.7. The van der Waals surface area contributed by atoms with Gasteiger partial charge in [-0.15, -0.1) is 0 Å². The molecule has 29 heavy (non-hydrogen) atoms. The topological polar surface area (TPSA) is 109 Å². The second-order valence-electron chi connectivity index (χ2n) is 7.19. The van der Waals surface area contributed by atoms with Gasteiger partial charge < -0.3 is 20.1 Å². The number of nitrogens with zero attached hydrogens (tertiary/aromatic N) is 4. The Kier molecular flexibility index (Phi) is 5.29. The van der Waals surface area contributed by atoms with E-state index in [2.05, 4.69) is 10.1 Å². The van der Waals surface area contributed by atoms with Crippen LogP contribution in [0.3, 0.4) is 0 Å². The lowest BCUT2D eigenvalue weighted by molar-refractivity contribution is 0.169. The van der Waals surface area contributed by atoms with Gasteiger partial charge in [0.1, 0.15) is 5.82 Å². The number of aryl methyl sites for hydroxylation is 1. The highest BCUT2D eigenvalue weighted by molar-refractivity contribution is 5.55. The number of β-amino-alcohol motifs (C(OH)–C–C–N with tert-alkyl or cyclic N) is 1. The molecule has 0 bridgehead atoms. The van der Waals surface area contributed by atoms with E-state index in [4.69, 9.17) is 9.73 Å². The van der Waals surface area contributed by atoms with Gasteiger partial charge in [-0.3, -0.25) is 10.1 Å². The van der Waals surface area contributed by atoms with E-state index in [1.54, 1.807) is 31.2 Å². The van der Waals surface area contributed by atoms with E-state index in [-0.39, 0.29) is 22.8 Å². The van der Waals surface area contributed by atoms with Crippen LogP contribution in [0.15, 0.2) is 47.0 Å². The number of likely N-dealkylation sites (tertiary alicyclic amines) is 1. The number of rotatable bonds is 5. The molecule has 1 aromatic heterocycles. The second-order valence-corrected chi connectivity index (χ2v) is 7.19. The van der Waals surface area contributed by atoms with Crippen LogP contribution in [0, 0.1) is 17.9 Å². The van der Waals surface area contributed by atoms with Crippen molar-refractivity contribution in [3.63, 3.8) is 0 Å². The first-order valence-electron chi connectivity index (χ1n) is 9.18. The standard InChI is InChI=1S/C20H20FN4O4/c1-12-2-5-14(8-17(12)21)19-22-20(29-23-19)18-9-16(26)11-24(18)10-13-3-6-15(7-4-13)25(27)28/h2-8,16,18,26-27H,9-11H2,1H3/q-1. The molecule has 1 aliphatic heterocycles. The molecule has 2 unspecified atom stereocenters. The Morgan fingerprint density at radius 2 is 2.03 bits per heavy atom. The first kappa shape index (κ1) is 19.5. The molecule has 8 nitrogen and oxygen atoms in total. The smallest absolute Gasteiger partial charge is 0.244 e. The summed E-state index contributed by atoms with van der Waals surface area (Å²) in [4.78, 5) is 6.42. The third kappa shape index (κ3) is 4.13. The van der Waals surface area contributed by atoms with Crippen molar-refractivity contribution < 1.29 is 19.2 Å². The minimum absolute atomic E-state index is 0.138. The number of benzene rings is 2. The maximum atomic E-state index is 13.8. The van der Waals surface area contributed by atoms with Gasteiger partial charge in [0.25, 0.3) is 0 Å². The van der Waals surface area contributed by atoms with E-state index in [0.29, 0.717) is 42.4 Å². The van der Waals surface area contributed by atoms with E-state index in [9.17, 15) is 14.7 Å². The van der Waals surface area contributed by atoms with Crippen molar-refractivity contribution in [2.45, 2.75) is 32.0 Å². The summed E-state index contributed by atoms with van der Waals surface area (Å²) < 4.78 is 19.3. The molecule has 1 aliphatic rings. The minimum atomic E-state index is -0.541. The van der Waals surface area contributed by atoms with Crippen molar-refractivity contribution in [2.75, 3.05) is 11.8 Å². The molecule has 3 aromatic rings. The summed E-state index contributed by atoms with van der Waals surface area (Å²) in [6.45, 7) is 2.60. The molecular weight excluding hydrogens is 379 g/mol. The number of aromatic nitrogens is 2. The highest BCUT2D eigenvalue weighted by Crippen LogP contribution is 2.34. The van der Waals surface area contributed by atoms with Crippen LogP contribution in [0.25, 0.3) is 11.4 Å². The number of aliphatic hydroxyl groups excluding tert-OH is 1. The van der Waals surface area contributed by atoms with Gasteiger partial charge in [0, 0.05) is 18.7 Å². The molecule has 1 saturated heterocycles. The van der Waals surface area contributed by atoms with Crippen LogP contribution in [0.2, 0.25) is 0 Å². The molecule has 1 fully saturated rings. The number of hydrogen-bond acceptors (Lipinski definition) is 8. The Hall–Kier alpha value is -2.85. The largest absolute Gasteiger partial charge is 0.733 e. The highest BCUT2D eigenvalue weighted by atomic mass is 19.1. The quantitative estimate of drug-likeness (QED) is 0.630. The predicted octanol–water partition coefficient (Wildman–Crippen LogP) is 3.19. The van der Waals surface area contributed by atoms with Crippen molar-refractivity contribution in [1.82, 2.24) is 15.0 Å². The number of halogens is 1. The third-order valence-corrected chi connectivity index (χ3v) is 5.08. The highest BCUT2D eigenvalue weighted by Gasteiger charge is 2.36. The summed E-state index contributed by atoms with van der Waals surface area (Å²) in [5, 5.41) is 33.8. The molecule has 0 radical (unpaired) electrons. The fourth-order valence-electron chi connectivity index (χ4n) is 3.49. The predicted molar refractivity (Wildman–Crippen MR) is 102 cm³/mol. The Morgan fingerprint density at radius 3 is 2.72 bits per heavy atom. The summed E-state index contributed by atoms with van der Waals surface area (Å²) in [5.74, 6) is 0.313. The number of hydrogen-bond donors (Lipinski definition) is 2. The van der Waals surface area contributed by atoms with Gasteiger partial charge in [-0.25, -0.2) is 4.39 Å². The normalized spacial score (nSPS) is 19.6. The third-order valence-electron chi connectivity index (χ3n) is 5.08. The Bertz CT molecular complexity index is 992. The molecule has 0 spiro atoms. The van der Waals surface area contributed by atoms with E-state index < -0.39 is 6.10 Å². The van der Waals surface area contributed by atoms with Crippen LogP contribution in [0.5, 0.6) is 0 Å². The SMILES string of the molecule is Cc1ccc(-c2noc(C3CC(O)CN3Cc3ccc(N([O-])O)cc3)n2)cc1F. The van der Waals surface area contributed by atoms with Crippen LogP contribution in [0.1, 0.15) is 29.5 Å². The molecule has 2 heterocycles. The van der Waals surface area contributed by atoms with Crippen molar-refractivity contribution in [3.8, 4) is 11.4 Å². The van der Waals surface area contributed by atoms with Gasteiger partial charge in [-0.05, 0) is 42.7 Å². The van der Waals surface area contributed by atoms with Crippen LogP contribution >= 0.6 is 0 Å². The lowest BCUT2D eigenvalue weighted by Crippen LogP contribution is -2.24. The van der Waals surface area contributed by atoms with E-state index in [1.165, 1.54) is 18.2 Å². The van der Waals surface area contributed by atoms with Crippen LogP contribution in [-0.4, -0.2) is 38.0 Å². The monoisotopic (exact) mass is 399 g/mol. The number of anilines is 1. The Morgan fingerprint density at radius 1 is 1.28 bits per heavy atom. The maximum Gasteiger partial charge on any atom is 0.244 e. The van der Waals surface area contributed by atoms with Gasteiger partial charge in [0.2, 0.25) is 11.7 Å². The van der Waals surface area contributed by atoms with Gasteiger partial charge in [-0.2, -0.15) is 4.98 Å². The Labute approximate surface area is 166 Å². The lowest BCUT2D eigenvalue weighted by Gasteiger charge is -2.23. The molecule has 0 aliphatic carbocycles. The average Bonchev–Trinajstić information content (AvgIpc) is 3.31. The summed E-state index contributed by atoms with van der Waals surface area (Å²) >= 11 is 0. The van der Waals surface area contributed by atoms with Crippen LogP contribution < -0.4 is 5.23 Å². The summed E-state index contributed by atoms with van der Waals surface area (Å²) in [7, 11) is 0. The molecular formula is C20H20FN4O4-. The van der Waals surface area contributed by atoms with Crippen LogP contribution in [-0.2, 0) is 6.54 Å². The molecule has 2 N–H and O–H groups in total. The lowest BCUT2D eigenvalue weighted by atomic mass is 10.1. The van der Waals surface area contributed by atoms with Gasteiger partial charge in [0.15, 0.2) is 0 Å². The van der Waals surface area contributed by atoms with E-state index >= 15 is 0 Å². The van der Waals surface area contributed by atoms with Gasteiger partial charge in [-0.1, -0.05) is 29.4 Å². The fraction of sp³-hybridized carbons (Fsp3) is 0.300. The molecule has 2 atom stereocenters. The summed E-state index contributed by atoms with van der Waals surface area (Å²) in [5.41, 5.74) is 2.10. The second kappa shape index (κ2) is 7.88. The van der Waals surface area contributed by atoms with Crippen molar-refractivity contribution in [2.24, 2.45) is 0 Å². The molecule has 2 aromatic carbocycles. The molecule has 152 valence electrons. The maximum absolute atomic E-state index is 13.8. The van der Waals surface area contributed by atoms with Crippen molar-refractivity contribution >= 4 is 5.69 Å². The molecule has 4 rings (SSSR count). The molecule has 0 saturated carbocycles. The Balaban J connectivity index is 1.53. The summed E-state index contributed by atoms with van der Waals surface area (Å²) in [6.07, 6.45) is -0.103. The van der Waals surface area contributed by atoms with Crippen molar-refractivity contribution in [1.29, 1.82) is 0 Å². The van der Waals surface area contributed by atoms with Crippen molar-refractivity contribution in [3.05, 3.63) is 70.5 Å². The average molecular weight is 399 g/mol. The zero-order chi connectivity index (χ0) is 20.5. The minimum Gasteiger partial charge on any atom is -0.733 e. The van der Waals surface area contributed by atoms with Crippen LogP contribution in [0.4, 0.5) is 10.1 Å². The van der Waals surface area contributed by atoms with Gasteiger partial charge in [0.05, 0.1) is 17.8 Å². The van der Waals surface area contributed by atoms with Gasteiger partial charge >= 0.3 is 0 Å². The first-order chi connectivity index (χ1) is 13.9. The fourth-order valence-corrected chi connectivity index (χ4v) is 3.49. The summed E-state index contributed by atoms with van der Waals surface area (Å²) in [6, 6.07) is 11.0. The number of aliphatic hydroxyl groups is 1. The zero-order valence-corrected chi connectivity index (χ0v) is 15.7. The molecule has 9 heteroatoms.